The van der Waals surface area contributed by atoms with Gasteiger partial charge in [-0.1, -0.05) is 13.8 Å². The average Bonchev–Trinajstić information content (AvgIpc) is 2.32. The fourth-order valence-electron chi connectivity index (χ4n) is 1.73. The summed E-state index contributed by atoms with van der Waals surface area (Å²) in [6.45, 7) is 4.14. The van der Waals surface area contributed by atoms with E-state index in [-0.39, 0.29) is 28.5 Å². The first kappa shape index (κ1) is 16.0. The summed E-state index contributed by atoms with van der Waals surface area (Å²) in [6, 6.07) is 1.92. The van der Waals surface area contributed by atoms with E-state index in [4.69, 9.17) is 5.73 Å². The van der Waals surface area contributed by atoms with E-state index in [1.165, 1.54) is 6.07 Å². The van der Waals surface area contributed by atoms with E-state index in [0.717, 1.165) is 6.07 Å². The Labute approximate surface area is 119 Å². The molecule has 0 aliphatic carbocycles. The Morgan fingerprint density at radius 1 is 1.37 bits per heavy atom. The lowest BCUT2D eigenvalue weighted by atomic mass is 9.96. The van der Waals surface area contributed by atoms with Crippen molar-refractivity contribution in [3.8, 4) is 0 Å². The van der Waals surface area contributed by atoms with Gasteiger partial charge in [0.25, 0.3) is 0 Å². The standard InChI is InChI=1S/C13H17BrF2N2O/c1-7(2)3-8(6-17)13(19)18-12-4-9(14)10(15)5-11(12)16/h4-5,7-8H,3,6,17H2,1-2H3,(H,18,19). The average molecular weight is 335 g/mol. The Kier molecular flexibility index (Phi) is 5.87. The number of rotatable bonds is 5. The van der Waals surface area contributed by atoms with Gasteiger partial charge in [0.15, 0.2) is 0 Å². The molecule has 1 aromatic carbocycles. The maximum atomic E-state index is 13.5. The van der Waals surface area contributed by atoms with Crippen molar-refractivity contribution in [2.24, 2.45) is 17.6 Å². The Bertz CT molecular complexity index is 466. The van der Waals surface area contributed by atoms with E-state index < -0.39 is 11.6 Å². The van der Waals surface area contributed by atoms with Crippen molar-refractivity contribution in [2.45, 2.75) is 20.3 Å². The number of hydrogen-bond donors (Lipinski definition) is 2. The summed E-state index contributed by atoms with van der Waals surface area (Å²) < 4.78 is 26.7. The Morgan fingerprint density at radius 2 is 2.00 bits per heavy atom. The van der Waals surface area contributed by atoms with Crippen LogP contribution >= 0.6 is 15.9 Å². The van der Waals surface area contributed by atoms with Gasteiger partial charge in [-0.05, 0) is 34.3 Å². The SMILES string of the molecule is CC(C)CC(CN)C(=O)Nc1cc(Br)c(F)cc1F. The minimum absolute atomic E-state index is 0.0551. The van der Waals surface area contributed by atoms with Gasteiger partial charge in [0.1, 0.15) is 11.6 Å². The van der Waals surface area contributed by atoms with Crippen LogP contribution in [0.3, 0.4) is 0 Å². The molecule has 0 heterocycles. The molecule has 0 spiro atoms. The molecule has 1 amide bonds. The highest BCUT2D eigenvalue weighted by Crippen LogP contribution is 2.24. The van der Waals surface area contributed by atoms with Gasteiger partial charge < -0.3 is 11.1 Å². The monoisotopic (exact) mass is 334 g/mol. The molecule has 3 nitrogen and oxygen atoms in total. The van der Waals surface area contributed by atoms with Gasteiger partial charge in [-0.25, -0.2) is 8.78 Å². The zero-order valence-corrected chi connectivity index (χ0v) is 12.4. The highest BCUT2D eigenvalue weighted by atomic mass is 79.9. The summed E-state index contributed by atoms with van der Waals surface area (Å²) in [5.41, 5.74) is 5.49. The van der Waals surface area contributed by atoms with Gasteiger partial charge in [0, 0.05) is 12.6 Å². The van der Waals surface area contributed by atoms with Crippen LogP contribution in [0, 0.1) is 23.5 Å². The number of benzene rings is 1. The summed E-state index contributed by atoms with van der Waals surface area (Å²) in [4.78, 5) is 12.0. The molecule has 0 saturated heterocycles. The van der Waals surface area contributed by atoms with Crippen molar-refractivity contribution in [1.29, 1.82) is 0 Å². The van der Waals surface area contributed by atoms with Crippen molar-refractivity contribution in [3.63, 3.8) is 0 Å². The third kappa shape index (κ3) is 4.54. The number of hydrogen-bond acceptors (Lipinski definition) is 2. The number of anilines is 1. The van der Waals surface area contributed by atoms with Crippen molar-refractivity contribution in [3.05, 3.63) is 28.2 Å². The van der Waals surface area contributed by atoms with Gasteiger partial charge in [-0.15, -0.1) is 0 Å². The largest absolute Gasteiger partial charge is 0.330 e. The molecule has 0 aliphatic heterocycles. The van der Waals surface area contributed by atoms with Crippen LogP contribution in [0.4, 0.5) is 14.5 Å². The smallest absolute Gasteiger partial charge is 0.228 e. The molecular formula is C13H17BrF2N2O. The van der Waals surface area contributed by atoms with Crippen molar-refractivity contribution in [2.75, 3.05) is 11.9 Å². The molecule has 19 heavy (non-hydrogen) atoms. The number of nitrogens with two attached hydrogens (primary N) is 1. The molecule has 0 fully saturated rings. The topological polar surface area (TPSA) is 55.1 Å². The Balaban J connectivity index is 2.84. The maximum absolute atomic E-state index is 13.5. The van der Waals surface area contributed by atoms with Crippen LogP contribution in [0.1, 0.15) is 20.3 Å². The van der Waals surface area contributed by atoms with Gasteiger partial charge >= 0.3 is 0 Å². The van der Waals surface area contributed by atoms with Crippen LogP contribution in [0.15, 0.2) is 16.6 Å². The van der Waals surface area contributed by atoms with E-state index in [0.29, 0.717) is 12.3 Å². The molecule has 6 heteroatoms. The van der Waals surface area contributed by atoms with Gasteiger partial charge in [0.05, 0.1) is 16.1 Å². The van der Waals surface area contributed by atoms with Crippen LogP contribution in [0.2, 0.25) is 0 Å². The quantitative estimate of drug-likeness (QED) is 0.812. The molecule has 3 N–H and O–H groups in total. The fraction of sp³-hybridized carbons (Fsp3) is 0.462. The van der Waals surface area contributed by atoms with Crippen LogP contribution in [0.25, 0.3) is 0 Å². The molecule has 1 unspecified atom stereocenters. The zero-order valence-electron chi connectivity index (χ0n) is 10.8. The Hall–Kier alpha value is -1.01. The normalized spacial score (nSPS) is 12.6. The summed E-state index contributed by atoms with van der Waals surface area (Å²) in [6.07, 6.45) is 0.617. The van der Waals surface area contributed by atoms with Crippen molar-refractivity contribution >= 4 is 27.5 Å². The molecule has 0 aliphatic rings. The highest BCUT2D eigenvalue weighted by molar-refractivity contribution is 9.10. The lowest BCUT2D eigenvalue weighted by Crippen LogP contribution is -2.30. The van der Waals surface area contributed by atoms with Gasteiger partial charge in [-0.2, -0.15) is 0 Å². The third-order valence-corrected chi connectivity index (χ3v) is 3.29. The zero-order chi connectivity index (χ0) is 14.6. The lowest BCUT2D eigenvalue weighted by molar-refractivity contribution is -0.120. The molecule has 106 valence electrons. The lowest BCUT2D eigenvalue weighted by Gasteiger charge is -2.17. The second-order valence-electron chi connectivity index (χ2n) is 4.80. The van der Waals surface area contributed by atoms with Crippen molar-refractivity contribution < 1.29 is 13.6 Å². The van der Waals surface area contributed by atoms with Gasteiger partial charge in [-0.3, -0.25) is 4.79 Å². The minimum atomic E-state index is -0.811. The van der Waals surface area contributed by atoms with Crippen LogP contribution in [-0.4, -0.2) is 12.5 Å². The predicted molar refractivity (Wildman–Crippen MR) is 74.7 cm³/mol. The molecule has 1 aromatic rings. The number of nitrogens with one attached hydrogen (secondary N) is 1. The molecule has 0 saturated carbocycles. The minimum Gasteiger partial charge on any atom is -0.330 e. The van der Waals surface area contributed by atoms with E-state index in [1.54, 1.807) is 0 Å². The van der Waals surface area contributed by atoms with Crippen molar-refractivity contribution in [1.82, 2.24) is 0 Å². The molecule has 0 aromatic heterocycles. The van der Waals surface area contributed by atoms with E-state index in [2.05, 4.69) is 21.2 Å². The third-order valence-electron chi connectivity index (χ3n) is 2.68. The molecule has 0 radical (unpaired) electrons. The van der Waals surface area contributed by atoms with E-state index in [9.17, 15) is 13.6 Å². The molecule has 1 rings (SSSR count). The number of carbonyl (C=O) groups is 1. The summed E-state index contributed by atoms with van der Waals surface area (Å²) in [5, 5.41) is 2.44. The first-order chi connectivity index (χ1) is 8.85. The summed E-state index contributed by atoms with van der Waals surface area (Å²) >= 11 is 2.95. The first-order valence-electron chi connectivity index (χ1n) is 6.00. The van der Waals surface area contributed by atoms with Crippen LogP contribution in [-0.2, 0) is 4.79 Å². The Morgan fingerprint density at radius 3 is 2.53 bits per heavy atom. The molecule has 0 bridgehead atoms. The van der Waals surface area contributed by atoms with E-state index >= 15 is 0 Å². The number of halogens is 3. The summed E-state index contributed by atoms with van der Waals surface area (Å²) in [5.74, 6) is -1.96. The fourth-order valence-corrected chi connectivity index (χ4v) is 2.08. The predicted octanol–water partition coefficient (Wildman–Crippen LogP) is 3.29. The molecular weight excluding hydrogens is 318 g/mol. The second kappa shape index (κ2) is 6.96. The van der Waals surface area contributed by atoms with Crippen LogP contribution < -0.4 is 11.1 Å². The second-order valence-corrected chi connectivity index (χ2v) is 5.65. The summed E-state index contributed by atoms with van der Waals surface area (Å²) in [7, 11) is 0. The highest BCUT2D eigenvalue weighted by Gasteiger charge is 2.20. The number of amides is 1. The molecule has 1 atom stereocenters. The maximum Gasteiger partial charge on any atom is 0.228 e. The van der Waals surface area contributed by atoms with Gasteiger partial charge in [0.2, 0.25) is 5.91 Å². The van der Waals surface area contributed by atoms with Crippen LogP contribution in [0.5, 0.6) is 0 Å². The van der Waals surface area contributed by atoms with E-state index in [1.807, 2.05) is 13.8 Å². The number of carbonyl (C=O) groups excluding carboxylic acids is 1. The first-order valence-corrected chi connectivity index (χ1v) is 6.80.